The van der Waals surface area contributed by atoms with Crippen LogP contribution in [0.5, 0.6) is 11.5 Å². The number of nitrogens with two attached hydrogens (primary N) is 1. The van der Waals surface area contributed by atoms with E-state index in [-0.39, 0.29) is 28.4 Å². The zero-order valence-electron chi connectivity index (χ0n) is 12.0. The third kappa shape index (κ3) is 3.68. The van der Waals surface area contributed by atoms with Gasteiger partial charge >= 0.3 is 6.03 Å². The first kappa shape index (κ1) is 16.5. The molecule has 0 atom stereocenters. The molecule has 0 spiro atoms. The predicted molar refractivity (Wildman–Crippen MR) is 84.0 cm³/mol. The van der Waals surface area contributed by atoms with E-state index in [4.69, 9.17) is 5.73 Å². The van der Waals surface area contributed by atoms with Crippen molar-refractivity contribution in [3.8, 4) is 11.5 Å². The van der Waals surface area contributed by atoms with E-state index in [1.54, 1.807) is 0 Å². The van der Waals surface area contributed by atoms with Crippen molar-refractivity contribution in [2.75, 3.05) is 10.6 Å². The number of nitro groups is 1. The fraction of sp³-hybridized carbons (Fsp3) is 0. The van der Waals surface area contributed by atoms with Crippen molar-refractivity contribution in [2.45, 2.75) is 0 Å². The number of primary amides is 1. The van der Waals surface area contributed by atoms with Gasteiger partial charge in [-0.15, -0.1) is 0 Å². The van der Waals surface area contributed by atoms with Gasteiger partial charge in [-0.25, -0.2) is 4.79 Å². The molecule has 10 nitrogen and oxygen atoms in total. The topological polar surface area (TPSA) is 168 Å². The summed E-state index contributed by atoms with van der Waals surface area (Å²) in [5.41, 5.74) is 4.68. The molecule has 0 bridgehead atoms. The Labute approximate surface area is 134 Å². The normalized spacial score (nSPS) is 10.0. The Morgan fingerprint density at radius 1 is 1.00 bits per heavy atom. The van der Waals surface area contributed by atoms with E-state index in [0.717, 1.165) is 18.2 Å². The number of nitrogens with one attached hydrogen (secondary N) is 2. The van der Waals surface area contributed by atoms with Gasteiger partial charge in [0.1, 0.15) is 11.5 Å². The van der Waals surface area contributed by atoms with E-state index in [9.17, 15) is 29.9 Å². The number of phenols is 2. The maximum Gasteiger partial charge on any atom is 0.323 e. The van der Waals surface area contributed by atoms with Crippen molar-refractivity contribution in [3.05, 3.63) is 52.1 Å². The van der Waals surface area contributed by atoms with Crippen LogP contribution < -0.4 is 16.4 Å². The lowest BCUT2D eigenvalue weighted by Gasteiger charge is -2.10. The maximum absolute atomic E-state index is 11.9. The quantitative estimate of drug-likeness (QED) is 0.324. The monoisotopic (exact) mass is 332 g/mol. The highest BCUT2D eigenvalue weighted by Crippen LogP contribution is 2.29. The number of amides is 3. The van der Waals surface area contributed by atoms with Crippen molar-refractivity contribution in [2.24, 2.45) is 5.73 Å². The number of carbonyl (C=O) groups is 2. The number of phenolic OH excluding ortho intramolecular Hbond substituents is 2. The van der Waals surface area contributed by atoms with Crippen molar-refractivity contribution in [3.63, 3.8) is 0 Å². The Kier molecular flexibility index (Phi) is 4.50. The minimum atomic E-state index is -0.851. The van der Waals surface area contributed by atoms with Crippen LogP contribution in [0.2, 0.25) is 0 Å². The number of aromatic hydroxyl groups is 2. The highest BCUT2D eigenvalue weighted by molar-refractivity contribution is 6.03. The Bertz CT molecular complexity index is 836. The Balaban J connectivity index is 2.15. The van der Waals surface area contributed by atoms with Crippen LogP contribution in [-0.4, -0.2) is 27.1 Å². The van der Waals surface area contributed by atoms with E-state index in [1.807, 2.05) is 0 Å². The Morgan fingerprint density at radius 3 is 2.25 bits per heavy atom. The van der Waals surface area contributed by atoms with E-state index in [1.165, 1.54) is 18.2 Å². The van der Waals surface area contributed by atoms with Gasteiger partial charge in [0.25, 0.3) is 5.69 Å². The highest BCUT2D eigenvalue weighted by atomic mass is 16.6. The lowest BCUT2D eigenvalue weighted by Crippen LogP contribution is -2.20. The molecular weight excluding hydrogens is 320 g/mol. The van der Waals surface area contributed by atoms with Gasteiger partial charge in [-0.1, -0.05) is 0 Å². The van der Waals surface area contributed by atoms with Gasteiger partial charge in [-0.05, 0) is 24.3 Å². The van der Waals surface area contributed by atoms with Crippen LogP contribution in [0, 0.1) is 10.1 Å². The zero-order valence-corrected chi connectivity index (χ0v) is 12.0. The molecule has 0 aliphatic rings. The van der Waals surface area contributed by atoms with E-state index < -0.39 is 22.6 Å². The molecule has 0 saturated carbocycles. The largest absolute Gasteiger partial charge is 0.506 e. The van der Waals surface area contributed by atoms with Crippen LogP contribution in [-0.2, 0) is 0 Å². The van der Waals surface area contributed by atoms with Crippen LogP contribution in [0.25, 0.3) is 0 Å². The van der Waals surface area contributed by atoms with Crippen molar-refractivity contribution >= 4 is 29.0 Å². The van der Waals surface area contributed by atoms with Crippen LogP contribution in [0.3, 0.4) is 0 Å². The molecular formula is C14H12N4O6. The molecule has 0 radical (unpaired) electrons. The number of non-ortho nitro benzene ring substituents is 1. The van der Waals surface area contributed by atoms with Gasteiger partial charge in [-0.3, -0.25) is 14.9 Å². The molecule has 0 saturated heterocycles. The van der Waals surface area contributed by atoms with Gasteiger partial charge < -0.3 is 26.6 Å². The van der Waals surface area contributed by atoms with Gasteiger partial charge in [0, 0.05) is 11.6 Å². The standard InChI is InChI=1S/C14H12N4O6/c15-13(21)7-1-4-11(19)10(5-7)17-14(22)16-9-3-2-8(18(23)24)6-12(9)20/h1-6,19-20H,(H2,15,21)(H2,16,17,22). The highest BCUT2D eigenvalue weighted by Gasteiger charge is 2.14. The molecule has 0 unspecified atom stereocenters. The number of hydrogen-bond acceptors (Lipinski definition) is 6. The van der Waals surface area contributed by atoms with E-state index in [0.29, 0.717) is 0 Å². The fourth-order valence-corrected chi connectivity index (χ4v) is 1.80. The Hall–Kier alpha value is -3.82. The number of nitro benzene ring substituents is 1. The van der Waals surface area contributed by atoms with Gasteiger partial charge in [0.2, 0.25) is 5.91 Å². The summed E-state index contributed by atoms with van der Waals surface area (Å²) < 4.78 is 0. The van der Waals surface area contributed by atoms with Crippen LogP contribution >= 0.6 is 0 Å². The number of rotatable bonds is 4. The molecule has 6 N–H and O–H groups in total. The average Bonchev–Trinajstić information content (AvgIpc) is 2.51. The average molecular weight is 332 g/mol. The SMILES string of the molecule is NC(=O)c1ccc(O)c(NC(=O)Nc2ccc([N+](=O)[O-])cc2O)c1. The minimum Gasteiger partial charge on any atom is -0.506 e. The molecule has 10 heteroatoms. The third-order valence-electron chi connectivity index (χ3n) is 2.97. The summed E-state index contributed by atoms with van der Waals surface area (Å²) in [5, 5.41) is 34.4. The number of urea groups is 1. The summed E-state index contributed by atoms with van der Waals surface area (Å²) in [5.74, 6) is -1.55. The summed E-state index contributed by atoms with van der Waals surface area (Å²) in [6, 6.07) is 5.90. The summed E-state index contributed by atoms with van der Waals surface area (Å²) in [6.07, 6.45) is 0. The number of anilines is 2. The molecule has 0 fully saturated rings. The minimum absolute atomic E-state index is 0.0706. The summed E-state index contributed by atoms with van der Waals surface area (Å²) in [6.45, 7) is 0. The first-order valence-electron chi connectivity index (χ1n) is 6.46. The van der Waals surface area contributed by atoms with Crippen LogP contribution in [0.15, 0.2) is 36.4 Å². The zero-order chi connectivity index (χ0) is 17.9. The second-order valence-corrected chi connectivity index (χ2v) is 4.63. The molecule has 0 aromatic heterocycles. The number of nitrogens with zero attached hydrogens (tertiary/aromatic N) is 1. The molecule has 2 aromatic carbocycles. The van der Waals surface area contributed by atoms with Gasteiger partial charge in [0.05, 0.1) is 22.4 Å². The molecule has 2 rings (SSSR count). The number of hydrogen-bond donors (Lipinski definition) is 5. The van der Waals surface area contributed by atoms with Gasteiger partial charge in [-0.2, -0.15) is 0 Å². The van der Waals surface area contributed by atoms with Gasteiger partial charge in [0.15, 0.2) is 0 Å². The molecule has 0 aliphatic carbocycles. The second-order valence-electron chi connectivity index (χ2n) is 4.63. The van der Waals surface area contributed by atoms with E-state index in [2.05, 4.69) is 10.6 Å². The second kappa shape index (κ2) is 6.52. The lowest BCUT2D eigenvalue weighted by molar-refractivity contribution is -0.384. The molecule has 2 aromatic rings. The first-order valence-corrected chi connectivity index (χ1v) is 6.46. The van der Waals surface area contributed by atoms with Crippen molar-refractivity contribution in [1.82, 2.24) is 0 Å². The molecule has 3 amide bonds. The van der Waals surface area contributed by atoms with Crippen LogP contribution in [0.4, 0.5) is 21.9 Å². The number of benzene rings is 2. The molecule has 24 heavy (non-hydrogen) atoms. The van der Waals surface area contributed by atoms with Crippen LogP contribution in [0.1, 0.15) is 10.4 Å². The van der Waals surface area contributed by atoms with Crippen molar-refractivity contribution < 1.29 is 24.7 Å². The smallest absolute Gasteiger partial charge is 0.323 e. The van der Waals surface area contributed by atoms with E-state index >= 15 is 0 Å². The molecule has 0 aliphatic heterocycles. The molecule has 0 heterocycles. The maximum atomic E-state index is 11.9. The summed E-state index contributed by atoms with van der Waals surface area (Å²) in [7, 11) is 0. The number of carbonyl (C=O) groups excluding carboxylic acids is 2. The summed E-state index contributed by atoms with van der Waals surface area (Å²) >= 11 is 0. The first-order chi connectivity index (χ1) is 11.3. The molecule has 124 valence electrons. The fourth-order valence-electron chi connectivity index (χ4n) is 1.80. The van der Waals surface area contributed by atoms with Crippen molar-refractivity contribution in [1.29, 1.82) is 0 Å². The predicted octanol–water partition coefficient (Wildman–Crippen LogP) is 1.75. The third-order valence-corrected chi connectivity index (χ3v) is 2.97. The Morgan fingerprint density at radius 2 is 1.67 bits per heavy atom. The summed E-state index contributed by atoms with van der Waals surface area (Å²) in [4.78, 5) is 32.9. The lowest BCUT2D eigenvalue weighted by atomic mass is 10.2.